The highest BCUT2D eigenvalue weighted by Gasteiger charge is 2.27. The molecule has 0 amide bonds. The molecule has 0 aromatic heterocycles. The average Bonchev–Trinajstić information content (AvgIpc) is 2.82. The number of hydrogen-bond donors (Lipinski definition) is 1. The minimum Gasteiger partial charge on any atom is -0.495 e. The molecule has 1 N–H and O–H groups in total. The third-order valence-electron chi connectivity index (χ3n) is 3.48. The molecule has 1 fully saturated rings. The summed E-state index contributed by atoms with van der Waals surface area (Å²) in [6.45, 7) is 3.03. The summed E-state index contributed by atoms with van der Waals surface area (Å²) in [5.74, 6) is 0.541. The largest absolute Gasteiger partial charge is 0.495 e. The number of hydrogen-bond acceptors (Lipinski definition) is 4. The van der Waals surface area contributed by atoms with Crippen LogP contribution in [0, 0.1) is 5.92 Å². The van der Waals surface area contributed by atoms with E-state index in [0.717, 1.165) is 6.42 Å². The summed E-state index contributed by atoms with van der Waals surface area (Å²) >= 11 is 3.28. The third kappa shape index (κ3) is 3.52. The molecule has 1 saturated heterocycles. The van der Waals surface area contributed by atoms with Gasteiger partial charge < -0.3 is 9.47 Å². The van der Waals surface area contributed by atoms with Gasteiger partial charge in [-0.15, -0.1) is 0 Å². The summed E-state index contributed by atoms with van der Waals surface area (Å²) in [4.78, 5) is 0.140. The molecule has 1 aliphatic heterocycles. The molecule has 20 heavy (non-hydrogen) atoms. The van der Waals surface area contributed by atoms with Gasteiger partial charge in [-0.3, -0.25) is 0 Å². The summed E-state index contributed by atoms with van der Waals surface area (Å²) < 4.78 is 38.6. The summed E-state index contributed by atoms with van der Waals surface area (Å²) in [6, 6.07) is 4.90. The monoisotopic (exact) mass is 363 g/mol. The standard InChI is InChI=1S/C13H18BrNO4S/c1-9-10(5-6-19-9)8-15-20(16,17)13-7-11(14)3-4-12(13)18-2/h3-4,7,9-10,15H,5-6,8H2,1-2H3. The maximum Gasteiger partial charge on any atom is 0.244 e. The molecule has 5 nitrogen and oxygen atoms in total. The van der Waals surface area contributed by atoms with Crippen molar-refractivity contribution in [3.8, 4) is 5.75 Å². The van der Waals surface area contributed by atoms with Crippen LogP contribution in [0.4, 0.5) is 0 Å². The molecule has 0 spiro atoms. The van der Waals surface area contributed by atoms with E-state index in [1.807, 2.05) is 6.92 Å². The first-order valence-electron chi connectivity index (χ1n) is 6.39. The predicted octanol–water partition coefficient (Wildman–Crippen LogP) is 2.16. The number of halogens is 1. The molecule has 0 bridgehead atoms. The summed E-state index contributed by atoms with van der Waals surface area (Å²) in [5.41, 5.74) is 0. The van der Waals surface area contributed by atoms with Gasteiger partial charge in [0.25, 0.3) is 0 Å². The van der Waals surface area contributed by atoms with Crippen LogP contribution in [0.3, 0.4) is 0 Å². The lowest BCUT2D eigenvalue weighted by molar-refractivity contribution is 0.107. The highest BCUT2D eigenvalue weighted by Crippen LogP contribution is 2.27. The van der Waals surface area contributed by atoms with Crippen LogP contribution in [-0.2, 0) is 14.8 Å². The van der Waals surface area contributed by atoms with Crippen LogP contribution in [0.15, 0.2) is 27.6 Å². The Hall–Kier alpha value is -0.630. The van der Waals surface area contributed by atoms with Gasteiger partial charge in [0.05, 0.1) is 13.2 Å². The first-order chi connectivity index (χ1) is 9.44. The molecule has 0 aliphatic carbocycles. The maximum absolute atomic E-state index is 12.4. The van der Waals surface area contributed by atoms with Crippen LogP contribution in [0.25, 0.3) is 0 Å². The van der Waals surface area contributed by atoms with Crippen LogP contribution >= 0.6 is 15.9 Å². The Kier molecular flexibility index (Phi) is 5.06. The molecule has 7 heteroatoms. The highest BCUT2D eigenvalue weighted by atomic mass is 79.9. The van der Waals surface area contributed by atoms with Crippen LogP contribution in [0.2, 0.25) is 0 Å². The fourth-order valence-electron chi connectivity index (χ4n) is 2.20. The first kappa shape index (κ1) is 15.8. The van der Waals surface area contributed by atoms with Gasteiger partial charge in [-0.25, -0.2) is 13.1 Å². The fourth-order valence-corrected chi connectivity index (χ4v) is 4.00. The number of nitrogens with one attached hydrogen (secondary N) is 1. The molecule has 2 atom stereocenters. The summed E-state index contributed by atoms with van der Waals surface area (Å²) in [6.07, 6.45) is 0.960. The Morgan fingerprint density at radius 1 is 1.50 bits per heavy atom. The molecular weight excluding hydrogens is 346 g/mol. The summed E-state index contributed by atoms with van der Waals surface area (Å²) in [7, 11) is -2.14. The zero-order valence-corrected chi connectivity index (χ0v) is 13.8. The molecule has 1 heterocycles. The van der Waals surface area contributed by atoms with Crippen molar-refractivity contribution in [2.45, 2.75) is 24.3 Å². The molecule has 1 aromatic carbocycles. The Balaban J connectivity index is 2.15. The van der Waals surface area contributed by atoms with E-state index in [0.29, 0.717) is 23.4 Å². The molecule has 1 aromatic rings. The maximum atomic E-state index is 12.4. The highest BCUT2D eigenvalue weighted by molar-refractivity contribution is 9.10. The molecule has 0 radical (unpaired) electrons. The van der Waals surface area contributed by atoms with E-state index in [1.165, 1.54) is 13.2 Å². The van der Waals surface area contributed by atoms with Gasteiger partial charge in [0.15, 0.2) is 0 Å². The van der Waals surface area contributed by atoms with Crippen molar-refractivity contribution in [2.75, 3.05) is 20.3 Å². The molecule has 2 unspecified atom stereocenters. The smallest absolute Gasteiger partial charge is 0.244 e. The van der Waals surface area contributed by atoms with Gasteiger partial charge in [-0.05, 0) is 31.5 Å². The number of benzene rings is 1. The molecule has 0 saturated carbocycles. The zero-order valence-electron chi connectivity index (χ0n) is 11.4. The number of ether oxygens (including phenoxy) is 2. The fraction of sp³-hybridized carbons (Fsp3) is 0.538. The quantitative estimate of drug-likeness (QED) is 0.870. The minimum atomic E-state index is -3.60. The topological polar surface area (TPSA) is 64.6 Å². The van der Waals surface area contributed by atoms with Gasteiger partial charge in [0, 0.05) is 23.5 Å². The van der Waals surface area contributed by atoms with Crippen LogP contribution in [0.5, 0.6) is 5.75 Å². The Bertz CT molecular complexity index is 576. The SMILES string of the molecule is COc1ccc(Br)cc1S(=O)(=O)NCC1CCOC1C. The van der Waals surface area contributed by atoms with Crippen LogP contribution in [-0.4, -0.2) is 34.8 Å². The van der Waals surface area contributed by atoms with E-state index in [9.17, 15) is 8.42 Å². The van der Waals surface area contributed by atoms with Crippen molar-refractivity contribution >= 4 is 26.0 Å². The van der Waals surface area contributed by atoms with E-state index in [2.05, 4.69) is 20.7 Å². The third-order valence-corrected chi connectivity index (χ3v) is 5.42. The van der Waals surface area contributed by atoms with E-state index in [4.69, 9.17) is 9.47 Å². The lowest BCUT2D eigenvalue weighted by atomic mass is 10.0. The van der Waals surface area contributed by atoms with E-state index >= 15 is 0 Å². The number of rotatable bonds is 5. The second kappa shape index (κ2) is 6.43. The summed E-state index contributed by atoms with van der Waals surface area (Å²) in [5, 5.41) is 0. The van der Waals surface area contributed by atoms with Crippen molar-refractivity contribution in [1.82, 2.24) is 4.72 Å². The van der Waals surface area contributed by atoms with Crippen molar-refractivity contribution in [3.63, 3.8) is 0 Å². The van der Waals surface area contributed by atoms with E-state index in [-0.39, 0.29) is 16.9 Å². The van der Waals surface area contributed by atoms with Gasteiger partial charge >= 0.3 is 0 Å². The number of sulfonamides is 1. The first-order valence-corrected chi connectivity index (χ1v) is 8.66. The second-order valence-corrected chi connectivity index (χ2v) is 7.42. The van der Waals surface area contributed by atoms with Crippen molar-refractivity contribution in [3.05, 3.63) is 22.7 Å². The second-order valence-electron chi connectivity index (χ2n) is 4.77. The molecular formula is C13H18BrNO4S. The Morgan fingerprint density at radius 3 is 2.85 bits per heavy atom. The van der Waals surface area contributed by atoms with Crippen molar-refractivity contribution in [1.29, 1.82) is 0 Å². The Labute approximate surface area is 127 Å². The zero-order chi connectivity index (χ0) is 14.8. The average molecular weight is 364 g/mol. The van der Waals surface area contributed by atoms with Gasteiger partial charge in [-0.1, -0.05) is 15.9 Å². The predicted molar refractivity (Wildman–Crippen MR) is 79.4 cm³/mol. The van der Waals surface area contributed by atoms with Crippen molar-refractivity contribution < 1.29 is 17.9 Å². The molecule has 112 valence electrons. The Morgan fingerprint density at radius 2 is 2.25 bits per heavy atom. The van der Waals surface area contributed by atoms with Gasteiger partial charge in [0.2, 0.25) is 10.0 Å². The van der Waals surface area contributed by atoms with Crippen LogP contribution in [0.1, 0.15) is 13.3 Å². The molecule has 2 rings (SSSR count). The molecule has 1 aliphatic rings. The van der Waals surface area contributed by atoms with Gasteiger partial charge in [-0.2, -0.15) is 0 Å². The lowest BCUT2D eigenvalue weighted by Crippen LogP contribution is -2.32. The van der Waals surface area contributed by atoms with Gasteiger partial charge in [0.1, 0.15) is 10.6 Å². The van der Waals surface area contributed by atoms with Crippen LogP contribution < -0.4 is 9.46 Å². The van der Waals surface area contributed by atoms with E-state index < -0.39 is 10.0 Å². The lowest BCUT2D eigenvalue weighted by Gasteiger charge is -2.16. The minimum absolute atomic E-state index is 0.0853. The number of methoxy groups -OCH3 is 1. The normalized spacial score (nSPS) is 22.9. The van der Waals surface area contributed by atoms with E-state index in [1.54, 1.807) is 12.1 Å². The van der Waals surface area contributed by atoms with Crippen molar-refractivity contribution in [2.24, 2.45) is 5.92 Å².